The number of halogens is 1. The third kappa shape index (κ3) is 3.57. The number of aryl methyl sites for hydroxylation is 1. The summed E-state index contributed by atoms with van der Waals surface area (Å²) in [6, 6.07) is 11.3. The van der Waals surface area contributed by atoms with Gasteiger partial charge in [0.25, 0.3) is 0 Å². The van der Waals surface area contributed by atoms with Crippen molar-refractivity contribution in [2.24, 2.45) is 5.10 Å². The van der Waals surface area contributed by atoms with E-state index in [9.17, 15) is 4.79 Å². The van der Waals surface area contributed by atoms with Crippen molar-refractivity contribution in [2.75, 3.05) is 0 Å². The standard InChI is InChI=1S/C15H15BrN2O2/c1-3-11-4-6-12(7-5-11)10(2)17-18-15(19)13-8-9-14(16)20-13/h4-9H,3H2,1-2H3,(H,18,19)/b17-10-. The number of amides is 1. The molecule has 1 heterocycles. The van der Waals surface area contributed by atoms with Crippen molar-refractivity contribution < 1.29 is 9.21 Å². The lowest BCUT2D eigenvalue weighted by molar-refractivity contribution is 0.0926. The van der Waals surface area contributed by atoms with Crippen LogP contribution in [0.4, 0.5) is 0 Å². The maximum Gasteiger partial charge on any atom is 0.307 e. The smallest absolute Gasteiger partial charge is 0.307 e. The third-order valence-corrected chi connectivity index (χ3v) is 3.33. The van der Waals surface area contributed by atoms with Gasteiger partial charge in [0.05, 0.1) is 5.71 Å². The van der Waals surface area contributed by atoms with Gasteiger partial charge in [0.2, 0.25) is 0 Å². The minimum atomic E-state index is -0.375. The van der Waals surface area contributed by atoms with Gasteiger partial charge >= 0.3 is 5.91 Å². The SMILES string of the molecule is CCc1ccc(/C(C)=N\NC(=O)c2ccc(Br)o2)cc1. The molecule has 2 rings (SSSR count). The first-order valence-electron chi connectivity index (χ1n) is 6.29. The van der Waals surface area contributed by atoms with Crippen LogP contribution in [-0.2, 0) is 6.42 Å². The van der Waals surface area contributed by atoms with Crippen LogP contribution in [0.1, 0.15) is 35.5 Å². The minimum absolute atomic E-state index is 0.217. The Morgan fingerprint density at radius 3 is 2.50 bits per heavy atom. The first kappa shape index (κ1) is 14.5. The maximum absolute atomic E-state index is 11.8. The van der Waals surface area contributed by atoms with Gasteiger partial charge in [0, 0.05) is 0 Å². The van der Waals surface area contributed by atoms with Crippen LogP contribution in [-0.4, -0.2) is 11.6 Å². The number of hydrogen-bond acceptors (Lipinski definition) is 3. The summed E-state index contributed by atoms with van der Waals surface area (Å²) >= 11 is 3.15. The van der Waals surface area contributed by atoms with Gasteiger partial charge in [-0.1, -0.05) is 31.2 Å². The fraction of sp³-hybridized carbons (Fsp3) is 0.200. The molecule has 104 valence electrons. The van der Waals surface area contributed by atoms with E-state index >= 15 is 0 Å². The van der Waals surface area contributed by atoms with Crippen LogP contribution in [0.15, 0.2) is 50.6 Å². The molecule has 2 aromatic rings. The Bertz CT molecular complexity index is 630. The number of hydrazone groups is 1. The fourth-order valence-electron chi connectivity index (χ4n) is 1.67. The number of benzene rings is 1. The Labute approximate surface area is 126 Å². The zero-order valence-electron chi connectivity index (χ0n) is 11.3. The van der Waals surface area contributed by atoms with Crippen molar-refractivity contribution in [3.63, 3.8) is 0 Å². The number of carbonyl (C=O) groups excluding carboxylic acids is 1. The van der Waals surface area contributed by atoms with Crippen LogP contribution < -0.4 is 5.43 Å². The zero-order valence-corrected chi connectivity index (χ0v) is 12.9. The van der Waals surface area contributed by atoms with Gasteiger partial charge in [0.15, 0.2) is 10.4 Å². The molecule has 5 heteroatoms. The summed E-state index contributed by atoms with van der Waals surface area (Å²) in [6.45, 7) is 3.96. The number of hydrogen-bond donors (Lipinski definition) is 1. The van der Waals surface area contributed by atoms with Crippen LogP contribution in [0, 0.1) is 0 Å². The monoisotopic (exact) mass is 334 g/mol. The molecule has 1 aromatic carbocycles. The number of nitrogens with zero attached hydrogens (tertiary/aromatic N) is 1. The molecule has 0 atom stereocenters. The maximum atomic E-state index is 11.8. The van der Waals surface area contributed by atoms with Gasteiger partial charge in [-0.05, 0) is 52.5 Å². The number of rotatable bonds is 4. The molecule has 0 spiro atoms. The van der Waals surface area contributed by atoms with E-state index in [0.29, 0.717) is 4.67 Å². The number of furan rings is 1. The highest BCUT2D eigenvalue weighted by Gasteiger charge is 2.09. The lowest BCUT2D eigenvalue weighted by atomic mass is 10.1. The second kappa shape index (κ2) is 6.52. The van der Waals surface area contributed by atoms with Gasteiger partial charge in [-0.15, -0.1) is 0 Å². The van der Waals surface area contributed by atoms with Gasteiger partial charge in [-0.3, -0.25) is 4.79 Å². The van der Waals surface area contributed by atoms with E-state index in [1.165, 1.54) is 5.56 Å². The van der Waals surface area contributed by atoms with Gasteiger partial charge in [-0.2, -0.15) is 5.10 Å². The lowest BCUT2D eigenvalue weighted by Gasteiger charge is -2.03. The molecule has 0 aliphatic heterocycles. The average molecular weight is 335 g/mol. The van der Waals surface area contributed by atoms with E-state index in [4.69, 9.17) is 4.42 Å². The Morgan fingerprint density at radius 2 is 1.95 bits per heavy atom. The van der Waals surface area contributed by atoms with Crippen molar-refractivity contribution >= 4 is 27.5 Å². The van der Waals surface area contributed by atoms with Crippen LogP contribution in [0.5, 0.6) is 0 Å². The predicted molar refractivity (Wildman–Crippen MR) is 81.9 cm³/mol. The van der Waals surface area contributed by atoms with E-state index < -0.39 is 0 Å². The molecule has 0 bridgehead atoms. The quantitative estimate of drug-likeness (QED) is 0.683. The molecule has 0 aliphatic carbocycles. The molecule has 4 nitrogen and oxygen atoms in total. The molecule has 0 unspecified atom stereocenters. The van der Waals surface area contributed by atoms with Crippen molar-refractivity contribution in [3.8, 4) is 0 Å². The second-order valence-corrected chi connectivity index (χ2v) is 5.07. The van der Waals surface area contributed by atoms with Crippen molar-refractivity contribution in [3.05, 3.63) is 58.0 Å². The molecule has 0 saturated heterocycles. The summed E-state index contributed by atoms with van der Waals surface area (Å²) in [5, 5.41) is 4.08. The van der Waals surface area contributed by atoms with Crippen molar-refractivity contribution in [1.82, 2.24) is 5.43 Å². The van der Waals surface area contributed by atoms with E-state index in [1.807, 2.05) is 19.1 Å². The Hall–Kier alpha value is -1.88. The van der Waals surface area contributed by atoms with E-state index in [1.54, 1.807) is 12.1 Å². The van der Waals surface area contributed by atoms with Crippen LogP contribution in [0.3, 0.4) is 0 Å². The average Bonchev–Trinajstić information content (AvgIpc) is 2.91. The highest BCUT2D eigenvalue weighted by molar-refractivity contribution is 9.10. The molecule has 0 fully saturated rings. The van der Waals surface area contributed by atoms with Gasteiger partial charge in [0.1, 0.15) is 0 Å². The van der Waals surface area contributed by atoms with E-state index in [-0.39, 0.29) is 11.7 Å². The van der Waals surface area contributed by atoms with Crippen LogP contribution >= 0.6 is 15.9 Å². The molecule has 1 amide bonds. The van der Waals surface area contributed by atoms with Crippen LogP contribution in [0.2, 0.25) is 0 Å². The molecule has 0 radical (unpaired) electrons. The summed E-state index contributed by atoms with van der Waals surface area (Å²) in [4.78, 5) is 11.8. The normalized spacial score (nSPS) is 11.4. The van der Waals surface area contributed by atoms with E-state index in [0.717, 1.165) is 17.7 Å². The largest absolute Gasteiger partial charge is 0.444 e. The minimum Gasteiger partial charge on any atom is -0.444 e. The number of carbonyl (C=O) groups is 1. The molecular formula is C15H15BrN2O2. The highest BCUT2D eigenvalue weighted by atomic mass is 79.9. The summed E-state index contributed by atoms with van der Waals surface area (Å²) in [5.74, 6) is -0.157. The topological polar surface area (TPSA) is 54.6 Å². The Morgan fingerprint density at radius 1 is 1.25 bits per heavy atom. The molecule has 1 N–H and O–H groups in total. The molecule has 20 heavy (non-hydrogen) atoms. The first-order valence-corrected chi connectivity index (χ1v) is 7.08. The Balaban J connectivity index is 2.04. The molecule has 1 aromatic heterocycles. The summed E-state index contributed by atoms with van der Waals surface area (Å²) < 4.78 is 5.66. The van der Waals surface area contributed by atoms with Crippen molar-refractivity contribution in [1.29, 1.82) is 0 Å². The van der Waals surface area contributed by atoms with Crippen molar-refractivity contribution in [2.45, 2.75) is 20.3 Å². The number of nitrogens with one attached hydrogen (secondary N) is 1. The molecule has 0 aliphatic rings. The Kier molecular flexibility index (Phi) is 4.74. The molecule has 0 saturated carbocycles. The third-order valence-electron chi connectivity index (χ3n) is 2.90. The highest BCUT2D eigenvalue weighted by Crippen LogP contribution is 2.13. The lowest BCUT2D eigenvalue weighted by Crippen LogP contribution is -2.18. The van der Waals surface area contributed by atoms with E-state index in [2.05, 4.69) is 45.5 Å². The predicted octanol–water partition coefficient (Wildman–Crippen LogP) is 3.76. The fourth-order valence-corrected chi connectivity index (χ4v) is 1.98. The first-order chi connectivity index (χ1) is 9.60. The zero-order chi connectivity index (χ0) is 14.5. The summed E-state index contributed by atoms with van der Waals surface area (Å²) in [6.07, 6.45) is 1.00. The second-order valence-electron chi connectivity index (χ2n) is 4.29. The van der Waals surface area contributed by atoms with Gasteiger partial charge < -0.3 is 4.42 Å². The summed E-state index contributed by atoms with van der Waals surface area (Å²) in [7, 11) is 0. The molecular weight excluding hydrogens is 320 g/mol. The van der Waals surface area contributed by atoms with Gasteiger partial charge in [-0.25, -0.2) is 5.43 Å². The summed E-state index contributed by atoms with van der Waals surface area (Å²) in [5.41, 5.74) is 5.46. The van der Waals surface area contributed by atoms with Crippen LogP contribution in [0.25, 0.3) is 0 Å².